The molecule has 0 fully saturated rings. The number of methoxy groups -OCH3 is 2. The number of benzene rings is 2. The van der Waals surface area contributed by atoms with Gasteiger partial charge in [0.15, 0.2) is 0 Å². The van der Waals surface area contributed by atoms with Gasteiger partial charge in [0.1, 0.15) is 17.2 Å². The Hall–Kier alpha value is -3.94. The van der Waals surface area contributed by atoms with Crippen LogP contribution >= 0.6 is 0 Å². The molecule has 8 nitrogen and oxygen atoms in total. The zero-order chi connectivity index (χ0) is 25.5. The highest BCUT2D eigenvalue weighted by atomic mass is 16.5. The molecular formula is C27H33N3O5. The third-order valence-corrected chi connectivity index (χ3v) is 5.84. The molecule has 1 heterocycles. The van der Waals surface area contributed by atoms with Crippen molar-refractivity contribution in [2.75, 3.05) is 26.1 Å². The fraction of sp³-hybridized carbons (Fsp3) is 0.333. The lowest BCUT2D eigenvalue weighted by Crippen LogP contribution is -2.34. The first-order valence-corrected chi connectivity index (χ1v) is 11.5. The third kappa shape index (κ3) is 6.15. The van der Waals surface area contributed by atoms with Crippen LogP contribution in [0.15, 0.2) is 42.5 Å². The number of ether oxygens (including phenoxy) is 3. The standard InChI is InChI=1S/C27H33N3O5/c1-7-35-26(31)25-18(3)22(19(4)28-25)16-30(15-20-9-11-21(33-5)12-10-20)27(32)29-23-14-17(2)8-13-24(23)34-6/h8-14,28H,7,15-16H2,1-6H3,(H,29,32). The second-order valence-electron chi connectivity index (χ2n) is 8.29. The summed E-state index contributed by atoms with van der Waals surface area (Å²) in [5.74, 6) is 0.910. The van der Waals surface area contributed by atoms with Gasteiger partial charge in [0, 0.05) is 18.8 Å². The first-order chi connectivity index (χ1) is 16.8. The van der Waals surface area contributed by atoms with Gasteiger partial charge in [-0.1, -0.05) is 18.2 Å². The van der Waals surface area contributed by atoms with E-state index in [2.05, 4.69) is 10.3 Å². The van der Waals surface area contributed by atoms with Gasteiger partial charge in [0.2, 0.25) is 0 Å². The molecule has 0 spiro atoms. The number of hydrogen-bond donors (Lipinski definition) is 2. The average Bonchev–Trinajstić information content (AvgIpc) is 3.12. The maximum absolute atomic E-state index is 13.5. The smallest absolute Gasteiger partial charge is 0.355 e. The van der Waals surface area contributed by atoms with E-state index in [1.165, 1.54) is 0 Å². The summed E-state index contributed by atoms with van der Waals surface area (Å²) in [6, 6.07) is 12.9. The molecular weight excluding hydrogens is 446 g/mol. The van der Waals surface area contributed by atoms with Crippen LogP contribution in [0, 0.1) is 20.8 Å². The summed E-state index contributed by atoms with van der Waals surface area (Å²) in [6.07, 6.45) is 0. The molecule has 0 saturated carbocycles. The van der Waals surface area contributed by atoms with E-state index in [-0.39, 0.29) is 12.6 Å². The number of urea groups is 1. The minimum atomic E-state index is -0.407. The third-order valence-electron chi connectivity index (χ3n) is 5.84. The van der Waals surface area contributed by atoms with Crippen LogP contribution in [0.3, 0.4) is 0 Å². The van der Waals surface area contributed by atoms with Gasteiger partial charge in [-0.25, -0.2) is 9.59 Å². The average molecular weight is 480 g/mol. The van der Waals surface area contributed by atoms with Crippen molar-refractivity contribution >= 4 is 17.7 Å². The Kier molecular flexibility index (Phi) is 8.41. The van der Waals surface area contributed by atoms with E-state index in [1.807, 2.05) is 63.2 Å². The molecule has 0 radical (unpaired) electrons. The van der Waals surface area contributed by atoms with Gasteiger partial charge in [0.05, 0.1) is 26.5 Å². The van der Waals surface area contributed by atoms with Gasteiger partial charge in [-0.15, -0.1) is 0 Å². The molecule has 0 bridgehead atoms. The summed E-state index contributed by atoms with van der Waals surface area (Å²) in [4.78, 5) is 30.7. The molecule has 2 N–H and O–H groups in total. The van der Waals surface area contributed by atoms with Crippen LogP contribution in [0.1, 0.15) is 45.4 Å². The number of aromatic amines is 1. The molecule has 186 valence electrons. The molecule has 35 heavy (non-hydrogen) atoms. The Balaban J connectivity index is 1.93. The molecule has 8 heteroatoms. The Labute approximate surface area is 206 Å². The monoisotopic (exact) mass is 479 g/mol. The van der Waals surface area contributed by atoms with Gasteiger partial charge >= 0.3 is 12.0 Å². The topological polar surface area (TPSA) is 92.9 Å². The van der Waals surface area contributed by atoms with Gasteiger partial charge in [-0.2, -0.15) is 0 Å². The van der Waals surface area contributed by atoms with E-state index in [4.69, 9.17) is 14.2 Å². The minimum Gasteiger partial charge on any atom is -0.497 e. The molecule has 0 atom stereocenters. The quantitative estimate of drug-likeness (QED) is 0.403. The highest BCUT2D eigenvalue weighted by Gasteiger charge is 2.23. The highest BCUT2D eigenvalue weighted by Crippen LogP contribution is 2.27. The van der Waals surface area contributed by atoms with E-state index in [0.29, 0.717) is 30.2 Å². The molecule has 0 saturated heterocycles. The number of carbonyl (C=O) groups is 2. The number of nitrogens with zero attached hydrogens (tertiary/aromatic N) is 1. The van der Waals surface area contributed by atoms with Crippen LogP contribution in [0.25, 0.3) is 0 Å². The van der Waals surface area contributed by atoms with Gasteiger partial charge < -0.3 is 29.4 Å². The minimum absolute atomic E-state index is 0.288. The molecule has 0 aliphatic carbocycles. The normalized spacial score (nSPS) is 10.6. The highest BCUT2D eigenvalue weighted by molar-refractivity contribution is 5.92. The number of hydrogen-bond acceptors (Lipinski definition) is 5. The number of aromatic nitrogens is 1. The van der Waals surface area contributed by atoms with E-state index in [9.17, 15) is 9.59 Å². The zero-order valence-electron chi connectivity index (χ0n) is 21.2. The lowest BCUT2D eigenvalue weighted by atomic mass is 10.1. The second-order valence-corrected chi connectivity index (χ2v) is 8.29. The molecule has 0 aliphatic heterocycles. The number of rotatable bonds is 9. The summed E-state index contributed by atoms with van der Waals surface area (Å²) in [7, 11) is 3.18. The molecule has 1 aromatic heterocycles. The van der Waals surface area contributed by atoms with Crippen LogP contribution in [-0.2, 0) is 17.8 Å². The Bertz CT molecular complexity index is 1180. The van der Waals surface area contributed by atoms with E-state index in [0.717, 1.165) is 33.7 Å². The summed E-state index contributed by atoms with van der Waals surface area (Å²) < 4.78 is 15.9. The molecule has 0 unspecified atom stereocenters. The predicted octanol–water partition coefficient (Wildman–Crippen LogP) is 5.37. The number of carbonyl (C=O) groups excluding carboxylic acids is 2. The van der Waals surface area contributed by atoms with Gasteiger partial charge in [-0.05, 0) is 74.2 Å². The Morgan fingerprint density at radius 3 is 2.31 bits per heavy atom. The fourth-order valence-corrected chi connectivity index (χ4v) is 3.89. The Morgan fingerprint density at radius 1 is 0.971 bits per heavy atom. The van der Waals surface area contributed by atoms with Crippen LogP contribution in [0.5, 0.6) is 11.5 Å². The maximum Gasteiger partial charge on any atom is 0.355 e. The van der Waals surface area contributed by atoms with Crippen LogP contribution in [-0.4, -0.2) is 42.7 Å². The summed E-state index contributed by atoms with van der Waals surface area (Å²) >= 11 is 0. The van der Waals surface area contributed by atoms with Crippen LogP contribution in [0.4, 0.5) is 10.5 Å². The van der Waals surface area contributed by atoms with Gasteiger partial charge in [0.25, 0.3) is 0 Å². The second kappa shape index (κ2) is 11.5. The van der Waals surface area contributed by atoms with Crippen molar-refractivity contribution in [3.63, 3.8) is 0 Å². The number of anilines is 1. The molecule has 0 aliphatic rings. The predicted molar refractivity (Wildman–Crippen MR) is 135 cm³/mol. The number of aryl methyl sites for hydroxylation is 2. The van der Waals surface area contributed by atoms with E-state index >= 15 is 0 Å². The number of esters is 1. The van der Waals surface area contributed by atoms with Crippen LogP contribution < -0.4 is 14.8 Å². The summed E-state index contributed by atoms with van der Waals surface area (Å²) in [6.45, 7) is 8.40. The van der Waals surface area contributed by atoms with Crippen molar-refractivity contribution in [1.29, 1.82) is 0 Å². The lowest BCUT2D eigenvalue weighted by molar-refractivity contribution is 0.0519. The summed E-state index contributed by atoms with van der Waals surface area (Å²) in [5.41, 5.74) is 5.38. The SMILES string of the molecule is CCOC(=O)c1[nH]c(C)c(CN(Cc2ccc(OC)cc2)C(=O)Nc2cc(C)ccc2OC)c1C. The van der Waals surface area contributed by atoms with Crippen molar-refractivity contribution in [1.82, 2.24) is 9.88 Å². The fourth-order valence-electron chi connectivity index (χ4n) is 3.89. The zero-order valence-corrected chi connectivity index (χ0v) is 21.2. The molecule has 2 aromatic carbocycles. The number of H-pyrrole nitrogens is 1. The van der Waals surface area contributed by atoms with Crippen molar-refractivity contribution in [2.24, 2.45) is 0 Å². The van der Waals surface area contributed by atoms with Crippen molar-refractivity contribution in [3.05, 3.63) is 76.1 Å². The van der Waals surface area contributed by atoms with E-state index < -0.39 is 5.97 Å². The summed E-state index contributed by atoms with van der Waals surface area (Å²) in [5, 5.41) is 2.99. The number of amides is 2. The molecule has 3 aromatic rings. The first-order valence-electron chi connectivity index (χ1n) is 11.5. The van der Waals surface area contributed by atoms with Crippen molar-refractivity contribution < 1.29 is 23.8 Å². The molecule has 2 amide bonds. The number of nitrogens with one attached hydrogen (secondary N) is 2. The van der Waals surface area contributed by atoms with Crippen molar-refractivity contribution in [2.45, 2.75) is 40.8 Å². The molecule has 3 rings (SSSR count). The Morgan fingerprint density at radius 2 is 1.69 bits per heavy atom. The largest absolute Gasteiger partial charge is 0.497 e. The van der Waals surface area contributed by atoms with E-state index in [1.54, 1.807) is 26.0 Å². The lowest BCUT2D eigenvalue weighted by Gasteiger charge is -2.25. The first kappa shape index (κ1) is 25.7. The van der Waals surface area contributed by atoms with Crippen molar-refractivity contribution in [3.8, 4) is 11.5 Å². The van der Waals surface area contributed by atoms with Gasteiger partial charge in [-0.3, -0.25) is 0 Å². The maximum atomic E-state index is 13.5. The van der Waals surface area contributed by atoms with Crippen LogP contribution in [0.2, 0.25) is 0 Å².